The van der Waals surface area contributed by atoms with Crippen molar-refractivity contribution in [1.82, 2.24) is 19.8 Å². The molecule has 1 N–H and O–H groups in total. The van der Waals surface area contributed by atoms with Crippen LogP contribution in [0.5, 0.6) is 0 Å². The molecular formula is C25H30N4O5S. The van der Waals surface area contributed by atoms with E-state index >= 15 is 0 Å². The summed E-state index contributed by atoms with van der Waals surface area (Å²) >= 11 is 1.17. The Kier molecular flexibility index (Phi) is 7.94. The lowest BCUT2D eigenvalue weighted by molar-refractivity contribution is -0.132. The number of H-pyrrole nitrogens is 1. The van der Waals surface area contributed by atoms with Gasteiger partial charge in [0.25, 0.3) is 5.56 Å². The zero-order chi connectivity index (χ0) is 24.9. The van der Waals surface area contributed by atoms with Crippen molar-refractivity contribution in [2.75, 3.05) is 46.5 Å². The molecule has 0 saturated carbocycles. The number of amides is 1. The lowest BCUT2D eigenvalue weighted by atomic mass is 10.1. The molecule has 1 aromatic carbocycles. The fourth-order valence-corrected chi connectivity index (χ4v) is 5.29. The first kappa shape index (κ1) is 25.0. The van der Waals surface area contributed by atoms with Crippen LogP contribution in [0.1, 0.15) is 32.2 Å². The molecule has 9 nitrogen and oxygen atoms in total. The van der Waals surface area contributed by atoms with Gasteiger partial charge in [0.1, 0.15) is 22.1 Å². The Morgan fingerprint density at radius 2 is 1.86 bits per heavy atom. The number of piperazine rings is 1. The molecule has 3 heterocycles. The molecule has 1 amide bonds. The summed E-state index contributed by atoms with van der Waals surface area (Å²) in [4.78, 5) is 50.4. The smallest absolute Gasteiger partial charge is 0.348 e. The Morgan fingerprint density at radius 3 is 2.57 bits per heavy atom. The number of aryl methyl sites for hydroxylation is 2. The number of benzene rings is 1. The van der Waals surface area contributed by atoms with Crippen LogP contribution in [0.25, 0.3) is 10.2 Å². The molecule has 2 aromatic heterocycles. The number of aromatic amines is 1. The van der Waals surface area contributed by atoms with Gasteiger partial charge in [0.15, 0.2) is 0 Å². The van der Waals surface area contributed by atoms with Gasteiger partial charge in [0.05, 0.1) is 25.0 Å². The number of thiophene rings is 1. The number of ether oxygens (including phenoxy) is 2. The minimum Gasteiger partial charge on any atom is -0.459 e. The molecule has 0 bridgehead atoms. The number of carbonyl (C=O) groups is 2. The summed E-state index contributed by atoms with van der Waals surface area (Å²) in [5, 5.41) is 0.420. The van der Waals surface area contributed by atoms with Crippen molar-refractivity contribution in [2.24, 2.45) is 0 Å². The molecule has 0 radical (unpaired) electrons. The topological polar surface area (TPSA) is 105 Å². The van der Waals surface area contributed by atoms with Crippen molar-refractivity contribution in [3.05, 3.63) is 62.0 Å². The average Bonchev–Trinajstić information content (AvgIpc) is 3.18. The fraction of sp³-hybridized carbons (Fsp3) is 0.440. The average molecular weight is 499 g/mol. The molecular weight excluding hydrogens is 468 g/mol. The molecule has 10 heteroatoms. The second-order valence-corrected chi connectivity index (χ2v) is 9.64. The lowest BCUT2D eigenvalue weighted by Gasteiger charge is -2.34. The Morgan fingerprint density at radius 1 is 1.11 bits per heavy atom. The summed E-state index contributed by atoms with van der Waals surface area (Å²) in [6.45, 7) is 7.34. The van der Waals surface area contributed by atoms with E-state index in [-0.39, 0.29) is 18.1 Å². The summed E-state index contributed by atoms with van der Waals surface area (Å²) in [7, 11) is 1.53. The van der Waals surface area contributed by atoms with E-state index in [4.69, 9.17) is 9.47 Å². The van der Waals surface area contributed by atoms with E-state index < -0.39 is 5.97 Å². The number of aromatic nitrogens is 2. The minimum atomic E-state index is -0.477. The third-order valence-electron chi connectivity index (χ3n) is 6.26. The normalized spacial score (nSPS) is 14.4. The number of rotatable bonds is 8. The first-order valence-corrected chi connectivity index (χ1v) is 12.4. The highest BCUT2D eigenvalue weighted by Gasteiger charge is 2.24. The maximum Gasteiger partial charge on any atom is 0.348 e. The molecule has 0 unspecified atom stereocenters. The lowest BCUT2D eigenvalue weighted by Crippen LogP contribution is -2.49. The number of fused-ring (bicyclic) bond motifs is 1. The van der Waals surface area contributed by atoms with E-state index in [9.17, 15) is 14.4 Å². The molecule has 0 aliphatic carbocycles. The molecule has 3 aromatic rings. The van der Waals surface area contributed by atoms with Crippen molar-refractivity contribution in [2.45, 2.75) is 26.8 Å². The third-order valence-corrected chi connectivity index (χ3v) is 7.42. The maximum absolute atomic E-state index is 12.8. The number of nitrogens with zero attached hydrogens (tertiary/aromatic N) is 3. The number of hydrogen-bond acceptors (Lipinski definition) is 8. The zero-order valence-electron chi connectivity index (χ0n) is 20.3. The van der Waals surface area contributed by atoms with Gasteiger partial charge in [-0.1, -0.05) is 24.3 Å². The molecule has 4 rings (SSSR count). The van der Waals surface area contributed by atoms with E-state index in [1.807, 2.05) is 36.1 Å². The van der Waals surface area contributed by atoms with Crippen LogP contribution in [-0.4, -0.2) is 78.1 Å². The summed E-state index contributed by atoms with van der Waals surface area (Å²) < 4.78 is 10.1. The predicted octanol–water partition coefficient (Wildman–Crippen LogP) is 2.29. The second kappa shape index (κ2) is 11.1. The Hall–Kier alpha value is -3.08. The highest BCUT2D eigenvalue weighted by atomic mass is 32.1. The van der Waals surface area contributed by atoms with Crippen molar-refractivity contribution < 1.29 is 19.1 Å². The van der Waals surface area contributed by atoms with Crippen LogP contribution in [-0.2, 0) is 27.2 Å². The van der Waals surface area contributed by atoms with Gasteiger partial charge in [-0.05, 0) is 30.5 Å². The van der Waals surface area contributed by atoms with E-state index in [1.54, 1.807) is 6.92 Å². The molecule has 186 valence electrons. The van der Waals surface area contributed by atoms with Gasteiger partial charge in [-0.2, -0.15) is 0 Å². The first-order valence-electron chi connectivity index (χ1n) is 11.6. The van der Waals surface area contributed by atoms with Crippen LogP contribution < -0.4 is 5.56 Å². The van der Waals surface area contributed by atoms with Crippen LogP contribution in [0.15, 0.2) is 29.1 Å². The number of esters is 1. The van der Waals surface area contributed by atoms with Crippen molar-refractivity contribution >= 4 is 33.4 Å². The van der Waals surface area contributed by atoms with Crippen LogP contribution in [0.4, 0.5) is 0 Å². The number of methoxy groups -OCH3 is 1. The van der Waals surface area contributed by atoms with E-state index in [0.29, 0.717) is 72.2 Å². The maximum atomic E-state index is 12.8. The molecule has 0 spiro atoms. The van der Waals surface area contributed by atoms with Crippen LogP contribution in [0.2, 0.25) is 0 Å². The van der Waals surface area contributed by atoms with Gasteiger partial charge in [0, 0.05) is 33.3 Å². The SMILES string of the molecule is COCCOC(=O)c1sc2nc(CN3CCN(C(=O)Cc4ccccc4C)CC3)[nH]c(=O)c2c1C. The van der Waals surface area contributed by atoms with Gasteiger partial charge < -0.3 is 19.4 Å². The van der Waals surface area contributed by atoms with E-state index in [2.05, 4.69) is 14.9 Å². The fourth-order valence-electron chi connectivity index (χ4n) is 4.19. The number of nitrogens with one attached hydrogen (secondary N) is 1. The highest BCUT2D eigenvalue weighted by molar-refractivity contribution is 7.20. The summed E-state index contributed by atoms with van der Waals surface area (Å²) in [5.74, 6) is 0.198. The zero-order valence-corrected chi connectivity index (χ0v) is 21.1. The van der Waals surface area contributed by atoms with Crippen LogP contribution in [0, 0.1) is 13.8 Å². The predicted molar refractivity (Wildman–Crippen MR) is 134 cm³/mol. The van der Waals surface area contributed by atoms with E-state index in [1.165, 1.54) is 18.4 Å². The monoisotopic (exact) mass is 498 g/mol. The van der Waals surface area contributed by atoms with Crippen molar-refractivity contribution in [1.29, 1.82) is 0 Å². The highest BCUT2D eigenvalue weighted by Crippen LogP contribution is 2.27. The van der Waals surface area contributed by atoms with Crippen molar-refractivity contribution in [3.8, 4) is 0 Å². The molecule has 35 heavy (non-hydrogen) atoms. The molecule has 0 atom stereocenters. The largest absolute Gasteiger partial charge is 0.459 e. The molecule has 1 saturated heterocycles. The Balaban J connectivity index is 1.38. The van der Waals surface area contributed by atoms with Crippen LogP contribution >= 0.6 is 11.3 Å². The standard InChI is InChI=1S/C25H30N4O5S/c1-16-6-4-5-7-18(16)14-20(30)29-10-8-28(9-11-29)15-19-26-23(31)21-17(2)22(35-24(21)27-19)25(32)34-13-12-33-3/h4-7H,8-15H2,1-3H3,(H,26,27,31). The molecule has 1 aliphatic heterocycles. The van der Waals surface area contributed by atoms with Gasteiger partial charge in [-0.3, -0.25) is 14.5 Å². The first-order chi connectivity index (χ1) is 16.9. The number of carbonyl (C=O) groups excluding carboxylic acids is 2. The van der Waals surface area contributed by atoms with Crippen LogP contribution in [0.3, 0.4) is 0 Å². The quantitative estimate of drug-likeness (QED) is 0.375. The molecule has 1 fully saturated rings. The van der Waals surface area contributed by atoms with Gasteiger partial charge >= 0.3 is 5.97 Å². The minimum absolute atomic E-state index is 0.130. The van der Waals surface area contributed by atoms with E-state index in [0.717, 1.165) is 11.1 Å². The van der Waals surface area contributed by atoms with Gasteiger partial charge in [-0.25, -0.2) is 9.78 Å². The summed E-state index contributed by atoms with van der Waals surface area (Å²) in [6.07, 6.45) is 0.409. The van der Waals surface area contributed by atoms with Gasteiger partial charge in [-0.15, -0.1) is 11.3 Å². The Bertz CT molecular complexity index is 1280. The second-order valence-electron chi connectivity index (χ2n) is 8.64. The third kappa shape index (κ3) is 5.77. The summed E-state index contributed by atoms with van der Waals surface area (Å²) in [5.41, 5.74) is 2.50. The summed E-state index contributed by atoms with van der Waals surface area (Å²) in [6, 6.07) is 7.96. The number of hydrogen-bond donors (Lipinski definition) is 1. The van der Waals surface area contributed by atoms with Crippen molar-refractivity contribution in [3.63, 3.8) is 0 Å². The van der Waals surface area contributed by atoms with Gasteiger partial charge in [0.2, 0.25) is 5.91 Å². The molecule has 1 aliphatic rings. The Labute approximate surface area is 207 Å².